The third kappa shape index (κ3) is 5.37. The summed E-state index contributed by atoms with van der Waals surface area (Å²) in [6.45, 7) is 0.274. The highest BCUT2D eigenvalue weighted by Gasteiger charge is 2.17. The lowest BCUT2D eigenvalue weighted by Crippen LogP contribution is -2.37. The van der Waals surface area contributed by atoms with Crippen molar-refractivity contribution in [3.63, 3.8) is 0 Å². The van der Waals surface area contributed by atoms with Gasteiger partial charge in [-0.05, 0) is 30.2 Å². The number of aliphatic hydroxyl groups excluding tert-OH is 1. The first-order valence-electron chi connectivity index (χ1n) is 7.60. The van der Waals surface area contributed by atoms with Gasteiger partial charge < -0.3 is 15.7 Å². The number of amides is 2. The van der Waals surface area contributed by atoms with Gasteiger partial charge in [0.25, 0.3) is 0 Å². The zero-order chi connectivity index (χ0) is 17.4. The summed E-state index contributed by atoms with van der Waals surface area (Å²) in [6.07, 6.45) is 0.500. The van der Waals surface area contributed by atoms with Crippen molar-refractivity contribution in [3.8, 4) is 0 Å². The summed E-state index contributed by atoms with van der Waals surface area (Å²) >= 11 is 5.84. The second-order valence-corrected chi connectivity index (χ2v) is 5.73. The van der Waals surface area contributed by atoms with Gasteiger partial charge in [-0.2, -0.15) is 0 Å². The number of hydrogen-bond acceptors (Lipinski definition) is 3. The highest BCUT2D eigenvalue weighted by Crippen LogP contribution is 2.18. The molecule has 0 heterocycles. The summed E-state index contributed by atoms with van der Waals surface area (Å²) in [5.74, 6) is -1.54. The Morgan fingerprint density at radius 1 is 1.04 bits per heavy atom. The monoisotopic (exact) mass is 346 g/mol. The predicted octanol–water partition coefficient (Wildman–Crippen LogP) is 2.56. The van der Waals surface area contributed by atoms with Crippen LogP contribution in [0, 0.1) is 0 Å². The summed E-state index contributed by atoms with van der Waals surface area (Å²) in [5.41, 5.74) is 1.46. The van der Waals surface area contributed by atoms with Crippen LogP contribution in [0.4, 0.5) is 5.69 Å². The smallest absolute Gasteiger partial charge is 0.313 e. The lowest BCUT2D eigenvalue weighted by Gasteiger charge is -2.17. The molecule has 0 unspecified atom stereocenters. The third-order valence-electron chi connectivity index (χ3n) is 3.55. The van der Waals surface area contributed by atoms with Gasteiger partial charge in [0, 0.05) is 29.8 Å². The number of carbonyl (C=O) groups is 2. The Labute approximate surface area is 145 Å². The molecule has 2 aromatic carbocycles. The Morgan fingerprint density at radius 2 is 1.79 bits per heavy atom. The van der Waals surface area contributed by atoms with Crippen LogP contribution in [0.1, 0.15) is 17.9 Å². The highest BCUT2D eigenvalue weighted by atomic mass is 35.5. The molecule has 2 rings (SSSR count). The third-order valence-corrected chi connectivity index (χ3v) is 3.78. The van der Waals surface area contributed by atoms with Gasteiger partial charge in [0.15, 0.2) is 0 Å². The molecule has 24 heavy (non-hydrogen) atoms. The molecule has 5 nitrogen and oxygen atoms in total. The fourth-order valence-corrected chi connectivity index (χ4v) is 2.51. The maximum Gasteiger partial charge on any atom is 0.313 e. The van der Waals surface area contributed by atoms with Gasteiger partial charge in [-0.25, -0.2) is 0 Å². The standard InChI is InChI=1S/C18H19ClN2O3/c19-15-7-4-8-16(11-15)21-18(24)17(23)20-12-14(9-10-22)13-5-2-1-3-6-13/h1-8,11,14,22H,9-10,12H2,(H,20,23)(H,21,24)/t14-/m0/s1. The Kier molecular flexibility index (Phi) is 6.78. The molecule has 0 saturated carbocycles. The van der Waals surface area contributed by atoms with Crippen molar-refractivity contribution in [1.82, 2.24) is 5.32 Å². The topological polar surface area (TPSA) is 78.4 Å². The van der Waals surface area contributed by atoms with Crippen LogP contribution in [0.15, 0.2) is 54.6 Å². The molecule has 0 aliphatic carbocycles. The molecular weight excluding hydrogens is 328 g/mol. The zero-order valence-electron chi connectivity index (χ0n) is 13.0. The van der Waals surface area contributed by atoms with E-state index in [1.165, 1.54) is 0 Å². The highest BCUT2D eigenvalue weighted by molar-refractivity contribution is 6.39. The number of anilines is 1. The van der Waals surface area contributed by atoms with Crippen LogP contribution >= 0.6 is 11.6 Å². The molecule has 3 N–H and O–H groups in total. The van der Waals surface area contributed by atoms with Crippen molar-refractivity contribution in [1.29, 1.82) is 0 Å². The SMILES string of the molecule is O=C(NC[C@H](CCO)c1ccccc1)C(=O)Nc1cccc(Cl)c1. The minimum Gasteiger partial charge on any atom is -0.396 e. The fourth-order valence-electron chi connectivity index (χ4n) is 2.32. The number of halogens is 1. The van der Waals surface area contributed by atoms with Gasteiger partial charge in [-0.15, -0.1) is 0 Å². The molecule has 0 radical (unpaired) electrons. The van der Waals surface area contributed by atoms with E-state index < -0.39 is 11.8 Å². The summed E-state index contributed by atoms with van der Waals surface area (Å²) in [7, 11) is 0. The van der Waals surface area contributed by atoms with Crippen molar-refractivity contribution >= 4 is 29.1 Å². The van der Waals surface area contributed by atoms with Crippen LogP contribution in [0.3, 0.4) is 0 Å². The Balaban J connectivity index is 1.91. The van der Waals surface area contributed by atoms with Gasteiger partial charge in [0.1, 0.15) is 0 Å². The summed E-state index contributed by atoms with van der Waals surface area (Å²) in [6, 6.07) is 16.1. The average molecular weight is 347 g/mol. The van der Waals surface area contributed by atoms with Gasteiger partial charge >= 0.3 is 11.8 Å². The van der Waals surface area contributed by atoms with Crippen molar-refractivity contribution in [3.05, 3.63) is 65.2 Å². The maximum atomic E-state index is 12.0. The Hall–Kier alpha value is -2.37. The van der Waals surface area contributed by atoms with E-state index in [0.717, 1.165) is 5.56 Å². The fraction of sp³-hybridized carbons (Fsp3) is 0.222. The Bertz CT molecular complexity index is 692. The molecule has 6 heteroatoms. The maximum absolute atomic E-state index is 12.0. The Morgan fingerprint density at radius 3 is 2.46 bits per heavy atom. The van der Waals surface area contributed by atoms with Crippen molar-refractivity contribution in [2.45, 2.75) is 12.3 Å². The molecular formula is C18H19ClN2O3. The van der Waals surface area contributed by atoms with Gasteiger partial charge in [0.2, 0.25) is 0 Å². The van der Waals surface area contributed by atoms with Crippen molar-refractivity contribution < 1.29 is 14.7 Å². The average Bonchev–Trinajstić information content (AvgIpc) is 2.59. The molecule has 0 saturated heterocycles. The van der Waals surface area contributed by atoms with Crippen LogP contribution in [-0.4, -0.2) is 30.1 Å². The van der Waals surface area contributed by atoms with Crippen LogP contribution in [0.25, 0.3) is 0 Å². The van der Waals surface area contributed by atoms with Gasteiger partial charge in [0.05, 0.1) is 0 Å². The first kappa shape index (κ1) is 18.0. The number of carbonyl (C=O) groups excluding carboxylic acids is 2. The molecule has 1 atom stereocenters. The molecule has 0 aliphatic heterocycles. The van der Waals surface area contributed by atoms with E-state index in [2.05, 4.69) is 10.6 Å². The lowest BCUT2D eigenvalue weighted by atomic mass is 9.96. The molecule has 2 aromatic rings. The number of rotatable bonds is 6. The number of nitrogens with one attached hydrogen (secondary N) is 2. The summed E-state index contributed by atoms with van der Waals surface area (Å²) < 4.78 is 0. The summed E-state index contributed by atoms with van der Waals surface area (Å²) in [5, 5.41) is 14.8. The van der Waals surface area contributed by atoms with E-state index >= 15 is 0 Å². The van der Waals surface area contributed by atoms with Crippen LogP contribution in [-0.2, 0) is 9.59 Å². The number of benzene rings is 2. The van der Waals surface area contributed by atoms with Gasteiger partial charge in [-0.3, -0.25) is 9.59 Å². The van der Waals surface area contributed by atoms with E-state index in [1.54, 1.807) is 24.3 Å². The first-order chi connectivity index (χ1) is 11.6. The summed E-state index contributed by atoms with van der Waals surface area (Å²) in [4.78, 5) is 23.9. The second-order valence-electron chi connectivity index (χ2n) is 5.29. The number of aliphatic hydroxyl groups is 1. The molecule has 0 spiro atoms. The normalized spacial score (nSPS) is 11.6. The van der Waals surface area contributed by atoms with Crippen molar-refractivity contribution in [2.24, 2.45) is 0 Å². The quantitative estimate of drug-likeness (QED) is 0.703. The minimum atomic E-state index is -0.756. The minimum absolute atomic E-state index is 0.00411. The van der Waals surface area contributed by atoms with Crippen LogP contribution < -0.4 is 10.6 Å². The van der Waals surface area contributed by atoms with Crippen molar-refractivity contribution in [2.75, 3.05) is 18.5 Å². The van der Waals surface area contributed by atoms with E-state index in [4.69, 9.17) is 11.6 Å². The van der Waals surface area contributed by atoms with Crippen LogP contribution in [0.2, 0.25) is 5.02 Å². The largest absolute Gasteiger partial charge is 0.396 e. The number of hydrogen-bond donors (Lipinski definition) is 3. The zero-order valence-corrected chi connectivity index (χ0v) is 13.8. The molecule has 0 aromatic heterocycles. The van der Waals surface area contributed by atoms with E-state index in [1.807, 2.05) is 30.3 Å². The second kappa shape index (κ2) is 9.05. The predicted molar refractivity (Wildman–Crippen MR) is 94.0 cm³/mol. The lowest BCUT2D eigenvalue weighted by molar-refractivity contribution is -0.136. The first-order valence-corrected chi connectivity index (χ1v) is 7.98. The van der Waals surface area contributed by atoms with Gasteiger partial charge in [-0.1, -0.05) is 48.0 Å². The molecule has 0 aliphatic rings. The molecule has 0 bridgehead atoms. The molecule has 2 amide bonds. The van der Waals surface area contributed by atoms with E-state index in [0.29, 0.717) is 17.1 Å². The van der Waals surface area contributed by atoms with E-state index in [9.17, 15) is 14.7 Å². The van der Waals surface area contributed by atoms with E-state index in [-0.39, 0.29) is 19.1 Å². The molecule has 126 valence electrons. The van der Waals surface area contributed by atoms with Crippen LogP contribution in [0.5, 0.6) is 0 Å². The molecule has 0 fully saturated rings.